The van der Waals surface area contributed by atoms with Crippen LogP contribution in [0.5, 0.6) is 0 Å². The maximum Gasteiger partial charge on any atom is 0.325 e. The van der Waals surface area contributed by atoms with Crippen molar-refractivity contribution in [2.45, 2.75) is 57.4 Å². The molecule has 1 saturated carbocycles. The summed E-state index contributed by atoms with van der Waals surface area (Å²) in [5, 5.41) is 2.75. The molecule has 1 aliphatic heterocycles. The summed E-state index contributed by atoms with van der Waals surface area (Å²) in [5.41, 5.74) is 0.836. The van der Waals surface area contributed by atoms with Crippen molar-refractivity contribution in [1.82, 2.24) is 10.2 Å². The van der Waals surface area contributed by atoms with E-state index in [0.29, 0.717) is 18.0 Å². The summed E-state index contributed by atoms with van der Waals surface area (Å²) in [6.07, 6.45) is 4.70. The van der Waals surface area contributed by atoms with Crippen LogP contribution in [0.15, 0.2) is 24.3 Å². The SMILES string of the molecule is COC(=O)CNC(=O)[C@@H]1c2ccccc2C(=O)N(CC(C)C)C12CCCCC2. The lowest BCUT2D eigenvalue weighted by Gasteiger charge is -2.54. The van der Waals surface area contributed by atoms with Gasteiger partial charge in [-0.2, -0.15) is 0 Å². The maximum atomic E-state index is 13.4. The lowest BCUT2D eigenvalue weighted by atomic mass is 9.65. The molecule has 6 nitrogen and oxygen atoms in total. The number of amides is 2. The molecule has 1 aliphatic carbocycles. The predicted molar refractivity (Wildman–Crippen MR) is 106 cm³/mol. The van der Waals surface area contributed by atoms with E-state index in [4.69, 9.17) is 0 Å². The monoisotopic (exact) mass is 386 g/mol. The van der Waals surface area contributed by atoms with E-state index in [1.807, 2.05) is 23.1 Å². The van der Waals surface area contributed by atoms with Crippen molar-refractivity contribution in [3.05, 3.63) is 35.4 Å². The Hall–Kier alpha value is -2.37. The topological polar surface area (TPSA) is 75.7 Å². The standard InChI is InChI=1S/C22H30N2O4/c1-15(2)14-24-21(27)17-10-6-5-9-16(17)19(20(26)23-13-18(25)28-3)22(24)11-7-4-8-12-22/h5-6,9-10,15,19H,4,7-8,11-14H2,1-3H3,(H,23,26)/t19-/m0/s1. The molecule has 1 aromatic rings. The van der Waals surface area contributed by atoms with Gasteiger partial charge in [0.05, 0.1) is 18.6 Å². The Labute approximate surface area is 166 Å². The van der Waals surface area contributed by atoms with Gasteiger partial charge in [0.2, 0.25) is 5.91 Å². The lowest BCUT2D eigenvalue weighted by Crippen LogP contribution is -2.63. The Balaban J connectivity index is 2.08. The van der Waals surface area contributed by atoms with Crippen LogP contribution in [0, 0.1) is 5.92 Å². The summed E-state index contributed by atoms with van der Waals surface area (Å²) < 4.78 is 4.67. The largest absolute Gasteiger partial charge is 0.468 e. The highest BCUT2D eigenvalue weighted by molar-refractivity contribution is 6.02. The Kier molecular flexibility index (Phi) is 6.06. The van der Waals surface area contributed by atoms with Gasteiger partial charge in [0.1, 0.15) is 6.54 Å². The van der Waals surface area contributed by atoms with E-state index in [0.717, 1.165) is 37.7 Å². The van der Waals surface area contributed by atoms with Gasteiger partial charge in [0.15, 0.2) is 0 Å². The third-order valence-electron chi connectivity index (χ3n) is 5.99. The Bertz CT molecular complexity index is 753. The van der Waals surface area contributed by atoms with Crippen LogP contribution in [-0.4, -0.2) is 48.4 Å². The Morgan fingerprint density at radius 2 is 1.89 bits per heavy atom. The molecular weight excluding hydrogens is 356 g/mol. The van der Waals surface area contributed by atoms with E-state index in [1.165, 1.54) is 7.11 Å². The molecule has 2 amide bonds. The van der Waals surface area contributed by atoms with Gasteiger partial charge < -0.3 is 15.0 Å². The minimum atomic E-state index is -0.534. The maximum absolute atomic E-state index is 13.4. The summed E-state index contributed by atoms with van der Waals surface area (Å²) in [5.74, 6) is -0.855. The van der Waals surface area contributed by atoms with Crippen molar-refractivity contribution in [3.63, 3.8) is 0 Å². The molecule has 6 heteroatoms. The van der Waals surface area contributed by atoms with Crippen LogP contribution in [0.3, 0.4) is 0 Å². The first-order valence-corrected chi connectivity index (χ1v) is 10.2. The van der Waals surface area contributed by atoms with E-state index < -0.39 is 17.4 Å². The summed E-state index contributed by atoms with van der Waals surface area (Å²) in [4.78, 5) is 40.3. The molecule has 152 valence electrons. The molecule has 28 heavy (non-hydrogen) atoms. The first kappa shape index (κ1) is 20.4. The van der Waals surface area contributed by atoms with E-state index >= 15 is 0 Å². The molecule has 1 aromatic carbocycles. The number of nitrogens with one attached hydrogen (secondary N) is 1. The molecule has 3 rings (SSSR count). The normalized spacial score (nSPS) is 20.8. The number of esters is 1. The number of carbonyl (C=O) groups excluding carboxylic acids is 3. The number of benzene rings is 1. The van der Waals surface area contributed by atoms with Crippen LogP contribution in [-0.2, 0) is 14.3 Å². The van der Waals surface area contributed by atoms with Gasteiger partial charge in [0, 0.05) is 12.1 Å². The van der Waals surface area contributed by atoms with Gasteiger partial charge in [-0.05, 0) is 30.4 Å². The van der Waals surface area contributed by atoms with Gasteiger partial charge in [-0.25, -0.2) is 0 Å². The minimum Gasteiger partial charge on any atom is -0.468 e. The van der Waals surface area contributed by atoms with Crippen molar-refractivity contribution < 1.29 is 19.1 Å². The lowest BCUT2D eigenvalue weighted by molar-refractivity contribution is -0.142. The summed E-state index contributed by atoms with van der Waals surface area (Å²) in [7, 11) is 1.30. The van der Waals surface area contributed by atoms with Crippen molar-refractivity contribution >= 4 is 17.8 Å². The zero-order valence-electron chi connectivity index (χ0n) is 17.0. The number of carbonyl (C=O) groups is 3. The highest BCUT2D eigenvalue weighted by Gasteiger charge is 2.54. The van der Waals surface area contributed by atoms with Crippen LogP contribution in [0.4, 0.5) is 0 Å². The molecule has 1 heterocycles. The number of fused-ring (bicyclic) bond motifs is 1. The van der Waals surface area contributed by atoms with Gasteiger partial charge in [-0.1, -0.05) is 51.3 Å². The fourth-order valence-corrected chi connectivity index (χ4v) is 4.81. The quantitative estimate of drug-likeness (QED) is 0.790. The third-order valence-corrected chi connectivity index (χ3v) is 5.99. The van der Waals surface area contributed by atoms with Gasteiger partial charge >= 0.3 is 5.97 Å². The van der Waals surface area contributed by atoms with Crippen molar-refractivity contribution in [2.24, 2.45) is 5.92 Å². The summed E-state index contributed by atoms with van der Waals surface area (Å²) >= 11 is 0. The van der Waals surface area contributed by atoms with Crippen LogP contribution >= 0.6 is 0 Å². The van der Waals surface area contributed by atoms with E-state index in [-0.39, 0.29) is 18.4 Å². The molecular formula is C22H30N2O4. The highest BCUT2D eigenvalue weighted by atomic mass is 16.5. The summed E-state index contributed by atoms with van der Waals surface area (Å²) in [6, 6.07) is 7.41. The number of rotatable bonds is 5. The average molecular weight is 386 g/mol. The molecule has 1 N–H and O–H groups in total. The van der Waals surface area contributed by atoms with Gasteiger partial charge in [0.25, 0.3) is 5.91 Å². The van der Waals surface area contributed by atoms with Gasteiger partial charge in [-0.3, -0.25) is 14.4 Å². The van der Waals surface area contributed by atoms with Crippen molar-refractivity contribution in [1.29, 1.82) is 0 Å². The molecule has 1 fully saturated rings. The first-order chi connectivity index (χ1) is 13.4. The summed E-state index contributed by atoms with van der Waals surface area (Å²) in [6.45, 7) is 4.64. The third kappa shape index (κ3) is 3.64. The number of nitrogens with zero attached hydrogens (tertiary/aromatic N) is 1. The Morgan fingerprint density at radius 1 is 1.21 bits per heavy atom. The van der Waals surface area contributed by atoms with Crippen molar-refractivity contribution in [2.75, 3.05) is 20.2 Å². The molecule has 1 spiro atoms. The minimum absolute atomic E-state index is 0.0169. The average Bonchev–Trinajstić information content (AvgIpc) is 2.70. The van der Waals surface area contributed by atoms with E-state index in [1.54, 1.807) is 6.07 Å². The molecule has 1 atom stereocenters. The molecule has 2 aliphatic rings. The molecule has 0 unspecified atom stereocenters. The number of hydrogen-bond acceptors (Lipinski definition) is 4. The van der Waals surface area contributed by atoms with Crippen LogP contribution < -0.4 is 5.32 Å². The molecule has 0 radical (unpaired) electrons. The Morgan fingerprint density at radius 3 is 2.54 bits per heavy atom. The second-order valence-electron chi connectivity index (χ2n) is 8.29. The molecule has 0 aromatic heterocycles. The van der Waals surface area contributed by atoms with Crippen LogP contribution in [0.2, 0.25) is 0 Å². The molecule has 0 saturated heterocycles. The number of ether oxygens (including phenoxy) is 1. The fraction of sp³-hybridized carbons (Fsp3) is 0.591. The van der Waals surface area contributed by atoms with Crippen LogP contribution in [0.25, 0.3) is 0 Å². The highest BCUT2D eigenvalue weighted by Crippen LogP contribution is 2.49. The van der Waals surface area contributed by atoms with Gasteiger partial charge in [-0.15, -0.1) is 0 Å². The van der Waals surface area contributed by atoms with Crippen molar-refractivity contribution in [3.8, 4) is 0 Å². The zero-order valence-corrected chi connectivity index (χ0v) is 17.0. The van der Waals surface area contributed by atoms with Crippen LogP contribution in [0.1, 0.15) is 67.8 Å². The van der Waals surface area contributed by atoms with E-state index in [9.17, 15) is 14.4 Å². The first-order valence-electron chi connectivity index (χ1n) is 10.2. The second kappa shape index (κ2) is 8.33. The number of methoxy groups -OCH3 is 1. The fourth-order valence-electron chi connectivity index (χ4n) is 4.81. The second-order valence-corrected chi connectivity index (χ2v) is 8.29. The number of hydrogen-bond donors (Lipinski definition) is 1. The smallest absolute Gasteiger partial charge is 0.325 e. The predicted octanol–water partition coefficient (Wildman–Crippen LogP) is 2.87. The molecule has 0 bridgehead atoms. The van der Waals surface area contributed by atoms with E-state index in [2.05, 4.69) is 23.9 Å². The zero-order chi connectivity index (χ0) is 20.3.